The van der Waals surface area contributed by atoms with Gasteiger partial charge in [0.15, 0.2) is 17.8 Å². The SMILES string of the molecule is NC(=O)CF.O=CC(Cl)Cl. The molecule has 0 aromatic rings. The van der Waals surface area contributed by atoms with Crippen molar-refractivity contribution in [3.63, 3.8) is 0 Å². The maximum atomic E-state index is 10.6. The van der Waals surface area contributed by atoms with Crippen LogP contribution in [0.25, 0.3) is 0 Å². The molecule has 6 heteroatoms. The fraction of sp³-hybridized carbons (Fsp3) is 0.500. The molecule has 0 aliphatic carbocycles. The lowest BCUT2D eigenvalue weighted by Gasteiger charge is -1.72. The largest absolute Gasteiger partial charge is 0.367 e. The molecule has 0 saturated heterocycles. The van der Waals surface area contributed by atoms with E-state index in [9.17, 15) is 14.0 Å². The van der Waals surface area contributed by atoms with Crippen molar-refractivity contribution >= 4 is 35.4 Å². The number of nitrogens with two attached hydrogens (primary N) is 1. The van der Waals surface area contributed by atoms with E-state index in [2.05, 4.69) is 5.73 Å². The molecule has 0 aliphatic heterocycles. The molecule has 0 aromatic heterocycles. The van der Waals surface area contributed by atoms with Gasteiger partial charge in [-0.2, -0.15) is 0 Å². The molecule has 0 aliphatic rings. The third-order valence-electron chi connectivity index (χ3n) is 0.235. The van der Waals surface area contributed by atoms with Crippen molar-refractivity contribution in [1.29, 1.82) is 0 Å². The van der Waals surface area contributed by atoms with Gasteiger partial charge in [0.05, 0.1) is 0 Å². The Kier molecular flexibility index (Phi) is 10.7. The highest BCUT2D eigenvalue weighted by Crippen LogP contribution is 1.93. The smallest absolute Gasteiger partial charge is 0.248 e. The van der Waals surface area contributed by atoms with Gasteiger partial charge in [0.25, 0.3) is 0 Å². The summed E-state index contributed by atoms with van der Waals surface area (Å²) in [6.07, 6.45) is 0.448. The van der Waals surface area contributed by atoms with Gasteiger partial charge >= 0.3 is 0 Å². The lowest BCUT2D eigenvalue weighted by Crippen LogP contribution is -2.11. The van der Waals surface area contributed by atoms with E-state index in [0.717, 1.165) is 0 Å². The summed E-state index contributed by atoms with van der Waals surface area (Å²) in [5.74, 6) is -0.912. The van der Waals surface area contributed by atoms with Gasteiger partial charge in [-0.3, -0.25) is 4.79 Å². The van der Waals surface area contributed by atoms with Crippen molar-refractivity contribution in [1.82, 2.24) is 0 Å². The van der Waals surface area contributed by atoms with Crippen LogP contribution in [0.15, 0.2) is 0 Å². The van der Waals surface area contributed by atoms with E-state index in [1.807, 2.05) is 0 Å². The minimum atomic E-state index is -1.06. The Bertz CT molecular complexity index is 109. The minimum absolute atomic E-state index is 0.448. The van der Waals surface area contributed by atoms with Gasteiger partial charge in [0, 0.05) is 0 Å². The summed E-state index contributed by atoms with van der Waals surface area (Å²) in [6, 6.07) is 0. The van der Waals surface area contributed by atoms with Crippen LogP contribution in [0.4, 0.5) is 4.39 Å². The van der Waals surface area contributed by atoms with Crippen LogP contribution in [0, 0.1) is 0 Å². The molecule has 0 spiro atoms. The van der Waals surface area contributed by atoms with Gasteiger partial charge in [0.1, 0.15) is 0 Å². The number of alkyl halides is 3. The van der Waals surface area contributed by atoms with Crippen LogP contribution in [0.2, 0.25) is 0 Å². The molecular weight excluding hydrogens is 184 g/mol. The highest BCUT2D eigenvalue weighted by Gasteiger charge is 1.86. The maximum Gasteiger partial charge on any atom is 0.248 e. The second-order valence-corrected chi connectivity index (χ2v) is 2.23. The zero-order valence-electron chi connectivity index (χ0n) is 4.89. The summed E-state index contributed by atoms with van der Waals surface area (Å²) in [4.78, 5) is 17.6. The number of amides is 1. The van der Waals surface area contributed by atoms with Crippen molar-refractivity contribution in [3.8, 4) is 0 Å². The monoisotopic (exact) mass is 189 g/mol. The van der Waals surface area contributed by atoms with Crippen molar-refractivity contribution in [2.75, 3.05) is 6.67 Å². The van der Waals surface area contributed by atoms with Crippen LogP contribution in [0.5, 0.6) is 0 Å². The maximum absolute atomic E-state index is 10.6. The number of hydrogen-bond acceptors (Lipinski definition) is 2. The Hall–Kier alpha value is -0.350. The summed E-state index contributed by atoms with van der Waals surface area (Å²) in [5.41, 5.74) is 4.28. The molecule has 2 N–H and O–H groups in total. The Labute approximate surface area is 67.3 Å². The van der Waals surface area contributed by atoms with E-state index in [1.54, 1.807) is 0 Å². The summed E-state index contributed by atoms with van der Waals surface area (Å²) < 4.78 is 10.6. The number of aldehydes is 1. The van der Waals surface area contributed by atoms with Gasteiger partial charge in [-0.05, 0) is 0 Å². The predicted molar refractivity (Wildman–Crippen MR) is 36.7 cm³/mol. The highest BCUT2D eigenvalue weighted by atomic mass is 35.5. The van der Waals surface area contributed by atoms with Crippen LogP contribution >= 0.6 is 23.2 Å². The zero-order valence-corrected chi connectivity index (χ0v) is 6.40. The van der Waals surface area contributed by atoms with E-state index in [1.165, 1.54) is 0 Å². The molecule has 0 heterocycles. The Morgan fingerprint density at radius 1 is 1.70 bits per heavy atom. The second kappa shape index (κ2) is 8.65. The van der Waals surface area contributed by atoms with E-state index in [-0.39, 0.29) is 0 Å². The molecule has 0 saturated carbocycles. The Morgan fingerprint density at radius 2 is 1.90 bits per heavy atom. The fourth-order valence-corrected chi connectivity index (χ4v) is 0. The lowest BCUT2D eigenvalue weighted by molar-refractivity contribution is -0.118. The van der Waals surface area contributed by atoms with Gasteiger partial charge in [0.2, 0.25) is 5.91 Å². The normalized spacial score (nSPS) is 8.00. The van der Waals surface area contributed by atoms with Crippen LogP contribution in [0.3, 0.4) is 0 Å². The number of carbonyl (C=O) groups excluding carboxylic acids is 2. The number of carbonyl (C=O) groups is 2. The molecule has 0 aromatic carbocycles. The Morgan fingerprint density at radius 3 is 1.90 bits per heavy atom. The molecule has 0 bridgehead atoms. The van der Waals surface area contributed by atoms with Gasteiger partial charge in [-0.15, -0.1) is 0 Å². The quantitative estimate of drug-likeness (QED) is 0.506. The third kappa shape index (κ3) is 25.4. The van der Waals surface area contributed by atoms with E-state index >= 15 is 0 Å². The van der Waals surface area contributed by atoms with Gasteiger partial charge in [-0.1, -0.05) is 23.2 Å². The average Bonchev–Trinajstić information content (AvgIpc) is 1.89. The summed E-state index contributed by atoms with van der Waals surface area (Å²) in [5, 5.41) is 0. The first-order valence-electron chi connectivity index (χ1n) is 2.12. The second-order valence-electron chi connectivity index (χ2n) is 1.07. The van der Waals surface area contributed by atoms with Crippen molar-refractivity contribution in [2.24, 2.45) is 5.73 Å². The van der Waals surface area contributed by atoms with Crippen LogP contribution in [0.1, 0.15) is 0 Å². The van der Waals surface area contributed by atoms with Crippen molar-refractivity contribution in [2.45, 2.75) is 4.84 Å². The first kappa shape index (κ1) is 12.3. The predicted octanol–water partition coefficient (Wildman–Crippen LogP) is 0.430. The number of rotatable bonds is 2. The number of hydrogen-bond donors (Lipinski definition) is 1. The first-order chi connectivity index (χ1) is 4.54. The summed E-state index contributed by atoms with van der Waals surface area (Å²) in [6.45, 7) is -1.06. The van der Waals surface area contributed by atoms with Crippen LogP contribution < -0.4 is 5.73 Å². The molecule has 60 valence electrons. The molecule has 0 atom stereocenters. The number of halogens is 3. The summed E-state index contributed by atoms with van der Waals surface area (Å²) in [7, 11) is 0. The Balaban J connectivity index is 0. The molecule has 0 unspecified atom stereocenters. The lowest BCUT2D eigenvalue weighted by atomic mass is 10.7. The molecule has 0 fully saturated rings. The van der Waals surface area contributed by atoms with Gasteiger partial charge in [-0.25, -0.2) is 4.39 Å². The highest BCUT2D eigenvalue weighted by molar-refractivity contribution is 6.51. The third-order valence-corrected chi connectivity index (χ3v) is 0.440. The van der Waals surface area contributed by atoms with Crippen LogP contribution in [-0.4, -0.2) is 23.7 Å². The van der Waals surface area contributed by atoms with E-state index < -0.39 is 17.4 Å². The van der Waals surface area contributed by atoms with E-state index in [0.29, 0.717) is 6.29 Å². The van der Waals surface area contributed by atoms with Crippen LogP contribution in [-0.2, 0) is 9.59 Å². The molecule has 3 nitrogen and oxygen atoms in total. The molecule has 1 amide bonds. The molecule has 0 radical (unpaired) electrons. The minimum Gasteiger partial charge on any atom is -0.367 e. The standard InChI is InChI=1S/C2H2Cl2O.C2H4FNO/c3-2(4)1-5;3-1-2(4)5/h1-2H;1H2,(H2,4,5). The van der Waals surface area contributed by atoms with Gasteiger partial charge < -0.3 is 10.5 Å². The molecule has 10 heavy (non-hydrogen) atoms. The molecular formula is C4H6Cl2FNO2. The zero-order chi connectivity index (χ0) is 8.57. The average molecular weight is 190 g/mol. The van der Waals surface area contributed by atoms with Crippen molar-refractivity contribution in [3.05, 3.63) is 0 Å². The topological polar surface area (TPSA) is 60.2 Å². The first-order valence-corrected chi connectivity index (χ1v) is 2.99. The van der Waals surface area contributed by atoms with Crippen molar-refractivity contribution < 1.29 is 14.0 Å². The number of primary amides is 1. The van der Waals surface area contributed by atoms with E-state index in [4.69, 9.17) is 23.2 Å². The fourth-order valence-electron chi connectivity index (χ4n) is 0. The molecule has 0 rings (SSSR count). The summed E-state index contributed by atoms with van der Waals surface area (Å²) >= 11 is 9.72.